The van der Waals surface area contributed by atoms with Crippen molar-refractivity contribution in [1.82, 2.24) is 14.6 Å². The molecule has 2 aliphatic rings. The molecule has 9 nitrogen and oxygen atoms in total. The molecule has 2 saturated heterocycles. The van der Waals surface area contributed by atoms with Gasteiger partial charge in [-0.3, -0.25) is 0 Å². The van der Waals surface area contributed by atoms with E-state index >= 15 is 0 Å². The molecule has 0 aliphatic carbocycles. The third kappa shape index (κ3) is 6.38. The summed E-state index contributed by atoms with van der Waals surface area (Å²) in [5, 5.41) is 1.03. The Morgan fingerprint density at radius 2 is 1.94 bits per heavy atom. The minimum Gasteiger partial charge on any atom is -0.447 e. The van der Waals surface area contributed by atoms with Gasteiger partial charge in [-0.15, -0.1) is 0 Å². The van der Waals surface area contributed by atoms with Gasteiger partial charge in [0.15, 0.2) is 5.13 Å². The Hall–Kier alpha value is -1.95. The van der Waals surface area contributed by atoms with E-state index in [0.717, 1.165) is 42.8 Å². The summed E-state index contributed by atoms with van der Waals surface area (Å²) in [4.78, 5) is 21.4. The molecule has 0 radical (unpaired) electrons. The second-order valence-electron chi connectivity index (χ2n) is 9.32. The van der Waals surface area contributed by atoms with Crippen molar-refractivity contribution in [2.24, 2.45) is 0 Å². The molecule has 4 rings (SSSR count). The number of fused-ring (bicyclic) bond motifs is 1. The van der Waals surface area contributed by atoms with E-state index in [1.54, 1.807) is 30.1 Å². The number of rotatable bonds is 7. The minimum atomic E-state index is -3.42. The summed E-state index contributed by atoms with van der Waals surface area (Å²) in [7, 11) is -3.42. The monoisotopic (exact) mass is 510 g/mol. The topological polar surface area (TPSA) is 101 Å². The predicted octanol–water partition coefficient (Wildman–Crippen LogP) is 3.21. The molecule has 3 heterocycles. The number of para-hydroxylation sites is 1. The number of sulfonamides is 1. The zero-order valence-electron chi connectivity index (χ0n) is 20.0. The Morgan fingerprint density at radius 1 is 1.21 bits per heavy atom. The molecule has 1 amide bonds. The standard InChI is InChI=1S/C23H34N4O5S2/c1-16(2)32-23(28)27-12-6-8-18(25-34(3,29)30)20(27)15-31-17-10-13-26(14-11-17)22-24-19-7-4-5-9-21(19)33-22/h4-5,7,9,16-18,20,25H,6,8,10-15H2,1-3H3/t18-,20-/m0/s1. The van der Waals surface area contributed by atoms with Crippen molar-refractivity contribution in [3.05, 3.63) is 24.3 Å². The van der Waals surface area contributed by atoms with Gasteiger partial charge in [0.05, 0.1) is 41.3 Å². The van der Waals surface area contributed by atoms with E-state index in [0.29, 0.717) is 19.4 Å². The third-order valence-electron chi connectivity index (χ3n) is 6.21. The van der Waals surface area contributed by atoms with Crippen molar-refractivity contribution in [1.29, 1.82) is 0 Å². The lowest BCUT2D eigenvalue weighted by molar-refractivity contribution is -0.0240. The molecule has 0 spiro atoms. The summed E-state index contributed by atoms with van der Waals surface area (Å²) in [6, 6.07) is 7.36. The Balaban J connectivity index is 1.37. The molecule has 0 unspecified atom stereocenters. The van der Waals surface area contributed by atoms with Crippen LogP contribution < -0.4 is 9.62 Å². The molecule has 1 N–H and O–H groups in total. The number of thiazole rings is 1. The molecule has 0 saturated carbocycles. The number of ether oxygens (including phenoxy) is 2. The highest BCUT2D eigenvalue weighted by atomic mass is 32.2. The summed E-state index contributed by atoms with van der Waals surface area (Å²) in [5.74, 6) is 0. The maximum absolute atomic E-state index is 12.7. The molecule has 2 fully saturated rings. The maximum Gasteiger partial charge on any atom is 0.410 e. The van der Waals surface area contributed by atoms with Crippen molar-refractivity contribution in [3.63, 3.8) is 0 Å². The zero-order valence-corrected chi connectivity index (χ0v) is 21.6. The number of likely N-dealkylation sites (tertiary alicyclic amines) is 1. The van der Waals surface area contributed by atoms with E-state index < -0.39 is 28.2 Å². The molecule has 188 valence electrons. The number of hydrogen-bond acceptors (Lipinski definition) is 8. The fourth-order valence-corrected chi connectivity index (χ4v) is 6.46. The molecule has 34 heavy (non-hydrogen) atoms. The summed E-state index contributed by atoms with van der Waals surface area (Å²) in [6.07, 6.45) is 3.59. The van der Waals surface area contributed by atoms with E-state index in [1.807, 2.05) is 18.2 Å². The Kier molecular flexibility index (Phi) is 7.96. The summed E-state index contributed by atoms with van der Waals surface area (Å²) in [6.45, 7) is 6.10. The van der Waals surface area contributed by atoms with Crippen molar-refractivity contribution in [2.45, 2.75) is 63.8 Å². The van der Waals surface area contributed by atoms with Crippen LogP contribution in [0.15, 0.2) is 24.3 Å². The molecule has 11 heteroatoms. The lowest BCUT2D eigenvalue weighted by Crippen LogP contribution is -2.59. The molecule has 1 aromatic carbocycles. The Morgan fingerprint density at radius 3 is 2.62 bits per heavy atom. The van der Waals surface area contributed by atoms with Crippen molar-refractivity contribution < 1.29 is 22.7 Å². The van der Waals surface area contributed by atoms with Crippen LogP contribution in [0.5, 0.6) is 0 Å². The Bertz CT molecular complexity index is 1050. The molecule has 2 aliphatic heterocycles. The van der Waals surface area contributed by atoms with E-state index in [-0.39, 0.29) is 18.8 Å². The van der Waals surface area contributed by atoms with Gasteiger partial charge in [0, 0.05) is 25.7 Å². The van der Waals surface area contributed by atoms with Gasteiger partial charge in [0.25, 0.3) is 0 Å². The average molecular weight is 511 g/mol. The van der Waals surface area contributed by atoms with Crippen LogP contribution in [0.3, 0.4) is 0 Å². The first-order valence-electron chi connectivity index (χ1n) is 11.9. The van der Waals surface area contributed by atoms with Crippen LogP contribution in [-0.2, 0) is 19.5 Å². The number of piperidine rings is 2. The number of benzene rings is 1. The van der Waals surface area contributed by atoms with Gasteiger partial charge < -0.3 is 19.3 Å². The second-order valence-corrected chi connectivity index (χ2v) is 12.1. The second kappa shape index (κ2) is 10.8. The highest BCUT2D eigenvalue weighted by Gasteiger charge is 2.38. The highest BCUT2D eigenvalue weighted by molar-refractivity contribution is 7.88. The van der Waals surface area contributed by atoms with Gasteiger partial charge in [-0.1, -0.05) is 23.5 Å². The smallest absolute Gasteiger partial charge is 0.410 e. The number of amides is 1. The average Bonchev–Trinajstić information content (AvgIpc) is 3.21. The highest BCUT2D eigenvalue weighted by Crippen LogP contribution is 2.31. The van der Waals surface area contributed by atoms with Crippen LogP contribution >= 0.6 is 11.3 Å². The number of aromatic nitrogens is 1. The van der Waals surface area contributed by atoms with Crippen LogP contribution in [0.1, 0.15) is 39.5 Å². The van der Waals surface area contributed by atoms with Gasteiger partial charge in [0.1, 0.15) is 0 Å². The van der Waals surface area contributed by atoms with E-state index in [9.17, 15) is 13.2 Å². The normalized spacial score (nSPS) is 22.5. The molecule has 2 atom stereocenters. The molecular weight excluding hydrogens is 476 g/mol. The van der Waals surface area contributed by atoms with Crippen molar-refractivity contribution in [2.75, 3.05) is 37.4 Å². The SMILES string of the molecule is CC(C)OC(=O)N1CCC[C@H](NS(C)(=O)=O)[C@@H]1COC1CCN(c2nc3ccccc3s2)CC1. The third-order valence-corrected chi connectivity index (χ3v) is 8.04. The van der Waals surface area contributed by atoms with Crippen LogP contribution in [0.25, 0.3) is 10.2 Å². The van der Waals surface area contributed by atoms with Gasteiger partial charge >= 0.3 is 6.09 Å². The first kappa shape index (κ1) is 25.2. The van der Waals surface area contributed by atoms with E-state index in [1.165, 1.54) is 4.70 Å². The van der Waals surface area contributed by atoms with E-state index in [2.05, 4.69) is 15.7 Å². The first-order valence-corrected chi connectivity index (χ1v) is 14.6. The van der Waals surface area contributed by atoms with Gasteiger partial charge in [0.2, 0.25) is 10.0 Å². The summed E-state index contributed by atoms with van der Waals surface area (Å²) < 4.78 is 39.5. The molecule has 2 aromatic rings. The number of carbonyl (C=O) groups excluding carboxylic acids is 1. The lowest BCUT2D eigenvalue weighted by atomic mass is 9.97. The predicted molar refractivity (Wildman–Crippen MR) is 134 cm³/mol. The zero-order chi connectivity index (χ0) is 24.3. The van der Waals surface area contributed by atoms with Gasteiger partial charge in [-0.05, 0) is 51.7 Å². The molecule has 1 aromatic heterocycles. The first-order chi connectivity index (χ1) is 16.2. The van der Waals surface area contributed by atoms with Crippen LogP contribution in [0, 0.1) is 0 Å². The van der Waals surface area contributed by atoms with Gasteiger partial charge in [-0.2, -0.15) is 0 Å². The van der Waals surface area contributed by atoms with Crippen LogP contribution in [0.2, 0.25) is 0 Å². The Labute approximate surface area is 205 Å². The number of nitrogens with zero attached hydrogens (tertiary/aromatic N) is 3. The van der Waals surface area contributed by atoms with E-state index in [4.69, 9.17) is 14.5 Å². The number of hydrogen-bond donors (Lipinski definition) is 1. The number of anilines is 1. The molecule has 0 bridgehead atoms. The van der Waals surface area contributed by atoms with Crippen LogP contribution in [-0.4, -0.2) is 81.2 Å². The molecular formula is C23H34N4O5S2. The number of nitrogens with one attached hydrogen (secondary N) is 1. The maximum atomic E-state index is 12.7. The summed E-state index contributed by atoms with van der Waals surface area (Å²) >= 11 is 1.71. The fourth-order valence-electron chi connectivity index (χ4n) is 4.62. The quantitative estimate of drug-likeness (QED) is 0.610. The summed E-state index contributed by atoms with van der Waals surface area (Å²) in [5.41, 5.74) is 1.02. The van der Waals surface area contributed by atoms with Gasteiger partial charge in [-0.25, -0.2) is 22.9 Å². The lowest BCUT2D eigenvalue weighted by Gasteiger charge is -2.41. The van der Waals surface area contributed by atoms with Crippen LogP contribution in [0.4, 0.5) is 9.93 Å². The fraction of sp³-hybridized carbons (Fsp3) is 0.652. The largest absolute Gasteiger partial charge is 0.447 e. The number of carbonyl (C=O) groups is 1. The van der Waals surface area contributed by atoms with Crippen molar-refractivity contribution in [3.8, 4) is 0 Å². The van der Waals surface area contributed by atoms with Crippen molar-refractivity contribution >= 4 is 42.8 Å². The minimum absolute atomic E-state index is 0.0504.